The van der Waals surface area contributed by atoms with E-state index in [0.29, 0.717) is 0 Å². The molecule has 0 saturated heterocycles. The maximum atomic E-state index is 4.84. The maximum Gasteiger partial charge on any atom is 0.0702 e. The number of benzene rings is 6. The summed E-state index contributed by atoms with van der Waals surface area (Å²) >= 11 is 3.84. The van der Waals surface area contributed by atoms with Crippen LogP contribution in [-0.4, -0.2) is 4.98 Å². The van der Waals surface area contributed by atoms with E-state index in [9.17, 15) is 0 Å². The predicted molar refractivity (Wildman–Crippen MR) is 176 cm³/mol. The molecule has 0 atom stereocenters. The fourth-order valence-electron chi connectivity index (χ4n) is 5.95. The van der Waals surface area contributed by atoms with E-state index in [-0.39, 0.29) is 0 Å². The first-order chi connectivity index (χ1) is 19.8. The summed E-state index contributed by atoms with van der Waals surface area (Å²) in [4.78, 5) is 4.84. The lowest BCUT2D eigenvalue weighted by Gasteiger charge is -2.07. The van der Waals surface area contributed by atoms with Gasteiger partial charge < -0.3 is 0 Å². The van der Waals surface area contributed by atoms with E-state index in [1.54, 1.807) is 0 Å². The molecule has 3 heterocycles. The number of nitrogens with zero attached hydrogens (tertiary/aromatic N) is 1. The lowest BCUT2D eigenvalue weighted by atomic mass is 10.0. The van der Waals surface area contributed by atoms with Crippen LogP contribution in [-0.2, 0) is 0 Å². The third-order valence-electron chi connectivity index (χ3n) is 8.05. The van der Waals surface area contributed by atoms with Crippen molar-refractivity contribution >= 4 is 84.6 Å². The first-order valence-corrected chi connectivity index (χ1v) is 15.1. The fourth-order valence-corrected chi connectivity index (χ4v) is 8.65. The molecule has 186 valence electrons. The minimum absolute atomic E-state index is 0.996. The Bertz CT molecular complexity index is 2430. The molecule has 0 N–H and O–H groups in total. The first kappa shape index (κ1) is 22.3. The van der Waals surface area contributed by atoms with Gasteiger partial charge in [-0.05, 0) is 80.3 Å². The van der Waals surface area contributed by atoms with Crippen molar-refractivity contribution in [1.82, 2.24) is 4.98 Å². The van der Waals surface area contributed by atoms with Gasteiger partial charge >= 0.3 is 0 Å². The monoisotopic (exact) mass is 543 g/mol. The van der Waals surface area contributed by atoms with Gasteiger partial charge in [-0.15, -0.1) is 22.7 Å². The zero-order valence-corrected chi connectivity index (χ0v) is 23.0. The number of hydrogen-bond acceptors (Lipinski definition) is 3. The standard InChI is InChI=1S/C37H21NS2/c1-2-6-23-15-28(12-9-22(23)5-1)33-14-13-29(21-38-33)26-10-11-27-18-32-35(20-30(27)16-26)40-36-31-17-24-7-3-4-8-25(24)19-34(31)39-37(32)36/h1-21H. The Morgan fingerprint density at radius 3 is 1.62 bits per heavy atom. The van der Waals surface area contributed by atoms with Crippen molar-refractivity contribution in [2.24, 2.45) is 0 Å². The Balaban J connectivity index is 1.12. The van der Waals surface area contributed by atoms with Gasteiger partial charge in [0.15, 0.2) is 0 Å². The van der Waals surface area contributed by atoms with Gasteiger partial charge in [0.25, 0.3) is 0 Å². The highest BCUT2D eigenvalue weighted by atomic mass is 32.1. The molecule has 0 unspecified atom stereocenters. The van der Waals surface area contributed by atoms with Crippen LogP contribution >= 0.6 is 22.7 Å². The van der Waals surface area contributed by atoms with Crippen LogP contribution in [0.2, 0.25) is 0 Å². The molecule has 9 rings (SSSR count). The van der Waals surface area contributed by atoms with Gasteiger partial charge in [-0.25, -0.2) is 0 Å². The van der Waals surface area contributed by atoms with Gasteiger partial charge in [0.2, 0.25) is 0 Å². The molecule has 40 heavy (non-hydrogen) atoms. The van der Waals surface area contributed by atoms with Crippen molar-refractivity contribution in [3.8, 4) is 22.4 Å². The van der Waals surface area contributed by atoms with Crippen molar-refractivity contribution in [3.63, 3.8) is 0 Å². The van der Waals surface area contributed by atoms with Crippen LogP contribution in [0.3, 0.4) is 0 Å². The molecule has 0 spiro atoms. The lowest BCUT2D eigenvalue weighted by molar-refractivity contribution is 1.33. The molecule has 0 aliphatic carbocycles. The van der Waals surface area contributed by atoms with Crippen molar-refractivity contribution < 1.29 is 0 Å². The van der Waals surface area contributed by atoms with E-state index in [1.165, 1.54) is 67.5 Å². The van der Waals surface area contributed by atoms with Crippen LogP contribution in [0.25, 0.3) is 84.3 Å². The average molecular weight is 544 g/mol. The van der Waals surface area contributed by atoms with Crippen LogP contribution in [0.15, 0.2) is 128 Å². The number of rotatable bonds is 2. The van der Waals surface area contributed by atoms with Gasteiger partial charge in [0, 0.05) is 37.5 Å². The minimum Gasteiger partial charge on any atom is -0.256 e. The second-order valence-electron chi connectivity index (χ2n) is 10.5. The molecule has 0 bridgehead atoms. The zero-order valence-electron chi connectivity index (χ0n) is 21.4. The molecule has 0 aliphatic rings. The van der Waals surface area contributed by atoms with Gasteiger partial charge in [-0.3, -0.25) is 4.98 Å². The molecule has 0 aliphatic heterocycles. The summed E-state index contributed by atoms with van der Waals surface area (Å²) in [6, 6.07) is 44.2. The summed E-state index contributed by atoms with van der Waals surface area (Å²) in [5.74, 6) is 0. The molecule has 3 aromatic heterocycles. The molecule has 0 saturated carbocycles. The fraction of sp³-hybridized carbons (Fsp3) is 0. The molecular formula is C37H21NS2. The molecular weight excluding hydrogens is 523 g/mol. The normalized spacial score (nSPS) is 12.0. The Kier molecular flexibility index (Phi) is 4.71. The minimum atomic E-state index is 0.996. The average Bonchev–Trinajstić information content (AvgIpc) is 3.53. The summed E-state index contributed by atoms with van der Waals surface area (Å²) in [6.07, 6.45) is 2.00. The second kappa shape index (κ2) is 8.46. The van der Waals surface area contributed by atoms with E-state index in [2.05, 4.69) is 121 Å². The second-order valence-corrected chi connectivity index (χ2v) is 12.6. The SMILES string of the molecule is c1ccc2cc(-c3ccc(-c4ccc5cc6c(cc5c4)sc4c5cc7ccccc7cc5sc64)cn3)ccc2c1. The van der Waals surface area contributed by atoms with E-state index in [4.69, 9.17) is 4.98 Å². The highest BCUT2D eigenvalue weighted by Crippen LogP contribution is 2.46. The third-order valence-corrected chi connectivity index (χ3v) is 10.5. The summed E-state index contributed by atoms with van der Waals surface area (Å²) < 4.78 is 5.54. The van der Waals surface area contributed by atoms with Crippen LogP contribution < -0.4 is 0 Å². The van der Waals surface area contributed by atoms with Gasteiger partial charge in [-0.2, -0.15) is 0 Å². The number of thiophene rings is 2. The topological polar surface area (TPSA) is 12.9 Å². The molecule has 0 radical (unpaired) electrons. The predicted octanol–water partition coefficient (Wildman–Crippen LogP) is 11.5. The van der Waals surface area contributed by atoms with Crippen LogP contribution in [0, 0.1) is 0 Å². The number of hydrogen-bond donors (Lipinski definition) is 0. The summed E-state index contributed by atoms with van der Waals surface area (Å²) in [7, 11) is 0. The Morgan fingerprint density at radius 2 is 0.925 bits per heavy atom. The van der Waals surface area contributed by atoms with E-state index >= 15 is 0 Å². The largest absolute Gasteiger partial charge is 0.256 e. The Hall–Kier alpha value is -4.57. The smallest absolute Gasteiger partial charge is 0.0702 e. The Morgan fingerprint density at radius 1 is 0.400 bits per heavy atom. The van der Waals surface area contributed by atoms with Crippen LogP contribution in [0.4, 0.5) is 0 Å². The summed E-state index contributed by atoms with van der Waals surface area (Å²) in [6.45, 7) is 0. The molecule has 3 heteroatoms. The highest BCUT2D eigenvalue weighted by Gasteiger charge is 2.14. The van der Waals surface area contributed by atoms with Gasteiger partial charge in [0.05, 0.1) is 15.1 Å². The molecule has 6 aromatic carbocycles. The quantitative estimate of drug-likeness (QED) is 0.211. The van der Waals surface area contributed by atoms with E-state index in [0.717, 1.165) is 16.8 Å². The first-order valence-electron chi connectivity index (χ1n) is 13.4. The van der Waals surface area contributed by atoms with E-state index < -0.39 is 0 Å². The van der Waals surface area contributed by atoms with Gasteiger partial charge in [-0.1, -0.05) is 78.9 Å². The summed E-state index contributed by atoms with van der Waals surface area (Å²) in [5.41, 5.74) is 4.47. The molecule has 0 fully saturated rings. The molecule has 1 nitrogen and oxygen atoms in total. The molecule has 9 aromatic rings. The number of pyridine rings is 1. The zero-order chi connectivity index (χ0) is 26.2. The summed E-state index contributed by atoms with van der Waals surface area (Å²) in [5, 5.41) is 10.4. The number of aromatic nitrogens is 1. The van der Waals surface area contributed by atoms with Crippen LogP contribution in [0.1, 0.15) is 0 Å². The van der Waals surface area contributed by atoms with E-state index in [1.807, 2.05) is 28.9 Å². The van der Waals surface area contributed by atoms with Crippen molar-refractivity contribution in [1.29, 1.82) is 0 Å². The third kappa shape index (κ3) is 3.42. The number of fused-ring (bicyclic) bond motifs is 8. The Labute approximate surface area is 238 Å². The van der Waals surface area contributed by atoms with Crippen molar-refractivity contribution in [2.75, 3.05) is 0 Å². The highest BCUT2D eigenvalue weighted by molar-refractivity contribution is 7.36. The lowest BCUT2D eigenvalue weighted by Crippen LogP contribution is -1.86. The maximum absolute atomic E-state index is 4.84. The molecule has 0 amide bonds. The van der Waals surface area contributed by atoms with Crippen LogP contribution in [0.5, 0.6) is 0 Å². The van der Waals surface area contributed by atoms with Gasteiger partial charge in [0.1, 0.15) is 0 Å². The van der Waals surface area contributed by atoms with Crippen molar-refractivity contribution in [2.45, 2.75) is 0 Å². The van der Waals surface area contributed by atoms with Crippen molar-refractivity contribution in [3.05, 3.63) is 128 Å².